The summed E-state index contributed by atoms with van der Waals surface area (Å²) in [5, 5.41) is 9.23. The lowest BCUT2D eigenvalue weighted by Crippen LogP contribution is -2.53. The summed E-state index contributed by atoms with van der Waals surface area (Å²) in [6.45, 7) is 17.3. The van der Waals surface area contributed by atoms with E-state index in [9.17, 15) is 9.59 Å². The first-order valence-corrected chi connectivity index (χ1v) is 13.3. The van der Waals surface area contributed by atoms with Crippen LogP contribution in [0.5, 0.6) is 0 Å². The molecule has 1 aliphatic carbocycles. The number of carbonyl (C=O) groups excluding carboxylic acids is 2. The molecule has 0 radical (unpaired) electrons. The van der Waals surface area contributed by atoms with Gasteiger partial charge in [0.2, 0.25) is 11.9 Å². The zero-order valence-electron chi connectivity index (χ0n) is 23.8. The van der Waals surface area contributed by atoms with Gasteiger partial charge in [0, 0.05) is 29.9 Å². The predicted molar refractivity (Wildman–Crippen MR) is 144 cm³/mol. The molecular weight excluding hydrogens is 473 g/mol. The monoisotopic (exact) mass is 517 g/mol. The molecule has 1 aromatic heterocycles. The Labute approximate surface area is 221 Å². The fourth-order valence-corrected chi connectivity index (χ4v) is 4.34. The minimum absolute atomic E-state index is 0.0545. The summed E-state index contributed by atoms with van der Waals surface area (Å²) in [6.07, 6.45) is 6.30. The number of hydrogen-bond acceptors (Lipinski definition) is 8. The van der Waals surface area contributed by atoms with Gasteiger partial charge in [-0.25, -0.2) is 14.8 Å². The largest absolute Gasteiger partial charge is 0.498 e. The predicted octanol–water partition coefficient (Wildman–Crippen LogP) is 3.16. The van der Waals surface area contributed by atoms with Crippen LogP contribution in [-0.2, 0) is 18.8 Å². The SMILES string of the molecule is CC(C)[C@@H](NC(=O)OC(C)(C)C)C(=O)NC1CCC(Nc2ncc(B3OC(C)(C)C(C)(C)O3)cn2)CC1. The standard InChI is InChI=1S/C26H44BN5O5/c1-16(2)20(32-23(34)35-24(3,4)5)21(33)30-18-10-12-19(13-11-18)31-22-28-14-17(15-29-22)27-36-25(6,7)26(8,9)37-27/h14-16,18-20H,10-13H2,1-9H3,(H,30,33)(H,32,34)(H,28,29,31)/t18?,19?,20-/m1/s1. The first-order chi connectivity index (χ1) is 17.1. The summed E-state index contributed by atoms with van der Waals surface area (Å²) < 4.78 is 17.5. The Hall–Kier alpha value is -2.40. The zero-order chi connectivity index (χ0) is 27.6. The van der Waals surface area contributed by atoms with Crippen molar-refractivity contribution in [1.82, 2.24) is 20.6 Å². The molecule has 0 aromatic carbocycles. The summed E-state index contributed by atoms with van der Waals surface area (Å²) in [5.41, 5.74) is -0.660. The van der Waals surface area contributed by atoms with E-state index in [0.717, 1.165) is 31.1 Å². The van der Waals surface area contributed by atoms with Crippen LogP contribution in [0.15, 0.2) is 12.4 Å². The lowest BCUT2D eigenvalue weighted by molar-refractivity contribution is -0.125. The molecule has 0 spiro atoms. The van der Waals surface area contributed by atoms with Gasteiger partial charge in [0.15, 0.2) is 0 Å². The van der Waals surface area contributed by atoms with Crippen LogP contribution in [0.4, 0.5) is 10.7 Å². The number of anilines is 1. The van der Waals surface area contributed by atoms with Crippen molar-refractivity contribution in [3.8, 4) is 0 Å². The third kappa shape index (κ3) is 7.80. The molecule has 10 nitrogen and oxygen atoms in total. The molecule has 1 atom stereocenters. The molecule has 2 heterocycles. The molecule has 0 unspecified atom stereocenters. The maximum atomic E-state index is 12.9. The van der Waals surface area contributed by atoms with Crippen LogP contribution in [0.3, 0.4) is 0 Å². The van der Waals surface area contributed by atoms with Crippen LogP contribution >= 0.6 is 0 Å². The summed E-state index contributed by atoms with van der Waals surface area (Å²) in [6, 6.07) is -0.378. The van der Waals surface area contributed by atoms with Crippen LogP contribution in [0.25, 0.3) is 0 Å². The van der Waals surface area contributed by atoms with Gasteiger partial charge in [-0.1, -0.05) is 13.8 Å². The fraction of sp³-hybridized carbons (Fsp3) is 0.769. The van der Waals surface area contributed by atoms with Gasteiger partial charge in [-0.2, -0.15) is 0 Å². The molecule has 2 aliphatic rings. The number of nitrogens with zero attached hydrogens (tertiary/aromatic N) is 2. The molecule has 37 heavy (non-hydrogen) atoms. The van der Waals surface area contributed by atoms with E-state index in [1.54, 1.807) is 33.2 Å². The zero-order valence-corrected chi connectivity index (χ0v) is 23.8. The van der Waals surface area contributed by atoms with Crippen molar-refractivity contribution < 1.29 is 23.6 Å². The van der Waals surface area contributed by atoms with E-state index in [4.69, 9.17) is 14.0 Å². The highest BCUT2D eigenvalue weighted by Gasteiger charge is 2.52. The Bertz CT molecular complexity index is 924. The van der Waals surface area contributed by atoms with Crippen molar-refractivity contribution in [3.05, 3.63) is 12.4 Å². The van der Waals surface area contributed by atoms with Crippen LogP contribution in [0.1, 0.15) is 88.0 Å². The Balaban J connectivity index is 1.46. The Kier molecular flexibility index (Phi) is 8.79. The second-order valence-electron chi connectivity index (χ2n) is 12.5. The van der Waals surface area contributed by atoms with Crippen molar-refractivity contribution in [2.24, 2.45) is 5.92 Å². The quantitative estimate of drug-likeness (QED) is 0.472. The molecule has 11 heteroatoms. The van der Waals surface area contributed by atoms with E-state index < -0.39 is 36.1 Å². The van der Waals surface area contributed by atoms with Crippen molar-refractivity contribution in [1.29, 1.82) is 0 Å². The van der Waals surface area contributed by atoms with E-state index in [-0.39, 0.29) is 23.9 Å². The van der Waals surface area contributed by atoms with Gasteiger partial charge in [0.25, 0.3) is 0 Å². The van der Waals surface area contributed by atoms with Crippen LogP contribution < -0.4 is 21.4 Å². The smallest absolute Gasteiger partial charge is 0.444 e. The number of carbonyl (C=O) groups is 2. The van der Waals surface area contributed by atoms with Crippen molar-refractivity contribution in [2.75, 3.05) is 5.32 Å². The molecule has 2 fully saturated rings. The first-order valence-electron chi connectivity index (χ1n) is 13.3. The molecule has 1 aromatic rings. The van der Waals surface area contributed by atoms with Crippen molar-refractivity contribution in [3.63, 3.8) is 0 Å². The number of nitrogens with one attached hydrogen (secondary N) is 3. The number of amides is 2. The molecule has 1 saturated heterocycles. The maximum Gasteiger partial charge on any atom is 0.498 e. The second kappa shape index (κ2) is 11.1. The first kappa shape index (κ1) is 29.2. The van der Waals surface area contributed by atoms with Crippen LogP contribution in [0.2, 0.25) is 0 Å². The average Bonchev–Trinajstić information content (AvgIpc) is 2.99. The molecule has 3 rings (SSSR count). The summed E-state index contributed by atoms with van der Waals surface area (Å²) >= 11 is 0. The maximum absolute atomic E-state index is 12.9. The van der Waals surface area contributed by atoms with Gasteiger partial charge in [0.05, 0.1) is 11.2 Å². The van der Waals surface area contributed by atoms with Gasteiger partial charge >= 0.3 is 13.2 Å². The Morgan fingerprint density at radius 2 is 1.51 bits per heavy atom. The van der Waals surface area contributed by atoms with E-state index >= 15 is 0 Å². The number of aromatic nitrogens is 2. The van der Waals surface area contributed by atoms with Gasteiger partial charge in [-0.05, 0) is 80.1 Å². The molecule has 0 bridgehead atoms. The molecule has 3 N–H and O–H groups in total. The number of ether oxygens (including phenoxy) is 1. The minimum atomic E-state index is -0.651. The van der Waals surface area contributed by atoms with Gasteiger partial charge in [-0.3, -0.25) is 4.79 Å². The van der Waals surface area contributed by atoms with E-state index in [0.29, 0.717) is 5.95 Å². The Morgan fingerprint density at radius 1 is 1.00 bits per heavy atom. The van der Waals surface area contributed by atoms with Crippen LogP contribution in [-0.4, -0.2) is 64.0 Å². The topological polar surface area (TPSA) is 124 Å². The Morgan fingerprint density at radius 3 is 2.00 bits per heavy atom. The molecule has 206 valence electrons. The summed E-state index contributed by atoms with van der Waals surface area (Å²) in [7, 11) is -0.488. The van der Waals surface area contributed by atoms with Gasteiger partial charge in [0.1, 0.15) is 11.6 Å². The number of rotatable bonds is 7. The molecule has 1 saturated carbocycles. The summed E-state index contributed by atoms with van der Waals surface area (Å²) in [4.78, 5) is 34.0. The molecular formula is C26H44BN5O5. The molecule has 2 amide bonds. The van der Waals surface area contributed by atoms with E-state index in [2.05, 4.69) is 25.9 Å². The number of hydrogen-bond donors (Lipinski definition) is 3. The van der Waals surface area contributed by atoms with Gasteiger partial charge < -0.3 is 30.0 Å². The fourth-order valence-electron chi connectivity index (χ4n) is 4.34. The van der Waals surface area contributed by atoms with Gasteiger partial charge in [-0.15, -0.1) is 0 Å². The minimum Gasteiger partial charge on any atom is -0.444 e. The van der Waals surface area contributed by atoms with Crippen LogP contribution in [0, 0.1) is 5.92 Å². The van der Waals surface area contributed by atoms with Crippen molar-refractivity contribution >= 4 is 30.5 Å². The lowest BCUT2D eigenvalue weighted by Gasteiger charge is -2.32. The highest BCUT2D eigenvalue weighted by Crippen LogP contribution is 2.36. The highest BCUT2D eigenvalue weighted by molar-refractivity contribution is 6.61. The van der Waals surface area contributed by atoms with E-state index in [1.165, 1.54) is 0 Å². The second-order valence-corrected chi connectivity index (χ2v) is 12.5. The van der Waals surface area contributed by atoms with E-state index in [1.807, 2.05) is 41.5 Å². The third-order valence-electron chi connectivity index (χ3n) is 7.23. The summed E-state index contributed by atoms with van der Waals surface area (Å²) in [5.74, 6) is 0.316. The van der Waals surface area contributed by atoms with Crippen molar-refractivity contribution in [2.45, 2.75) is 123 Å². The average molecular weight is 517 g/mol. The highest BCUT2D eigenvalue weighted by atomic mass is 16.7. The third-order valence-corrected chi connectivity index (χ3v) is 7.23. The number of alkyl carbamates (subject to hydrolysis) is 1. The lowest BCUT2D eigenvalue weighted by atomic mass is 9.81. The molecule has 1 aliphatic heterocycles. The normalized spacial score (nSPS) is 23.9.